The van der Waals surface area contributed by atoms with Crippen molar-refractivity contribution in [2.75, 3.05) is 5.32 Å². The molecule has 2 aromatic rings. The summed E-state index contributed by atoms with van der Waals surface area (Å²) >= 11 is 7.24. The molecule has 0 aromatic carbocycles. The van der Waals surface area contributed by atoms with Gasteiger partial charge in [-0.25, -0.2) is 4.98 Å². The average molecular weight is 306 g/mol. The van der Waals surface area contributed by atoms with Crippen LogP contribution in [-0.2, 0) is 6.42 Å². The van der Waals surface area contributed by atoms with Crippen LogP contribution in [0, 0.1) is 11.3 Å². The number of pyridine rings is 1. The van der Waals surface area contributed by atoms with Gasteiger partial charge in [-0.2, -0.15) is 5.26 Å². The van der Waals surface area contributed by atoms with Gasteiger partial charge < -0.3 is 5.32 Å². The SMILES string of the molecule is CCCc1cc(C(=O)Nc2sccc2C#N)cc(Cl)n1. The topological polar surface area (TPSA) is 65.8 Å². The third kappa shape index (κ3) is 3.35. The Balaban J connectivity index is 2.23. The third-order valence-corrected chi connectivity index (χ3v) is 3.65. The Hall–Kier alpha value is -1.90. The van der Waals surface area contributed by atoms with E-state index in [-0.39, 0.29) is 5.91 Å². The number of halogens is 1. The normalized spacial score (nSPS) is 10.1. The van der Waals surface area contributed by atoms with Gasteiger partial charge in [0.25, 0.3) is 5.91 Å². The van der Waals surface area contributed by atoms with E-state index in [9.17, 15) is 4.79 Å². The second kappa shape index (κ2) is 6.51. The van der Waals surface area contributed by atoms with E-state index in [1.165, 1.54) is 17.4 Å². The highest BCUT2D eigenvalue weighted by molar-refractivity contribution is 7.14. The molecule has 1 amide bonds. The van der Waals surface area contributed by atoms with Crippen LogP contribution >= 0.6 is 22.9 Å². The molecule has 0 aliphatic rings. The van der Waals surface area contributed by atoms with E-state index in [0.717, 1.165) is 18.5 Å². The minimum absolute atomic E-state index is 0.286. The fourth-order valence-electron chi connectivity index (χ4n) is 1.74. The summed E-state index contributed by atoms with van der Waals surface area (Å²) in [5.74, 6) is -0.286. The molecule has 0 atom stereocenters. The van der Waals surface area contributed by atoms with E-state index >= 15 is 0 Å². The van der Waals surface area contributed by atoms with Crippen molar-refractivity contribution in [1.82, 2.24) is 4.98 Å². The molecular formula is C14H12ClN3OS. The van der Waals surface area contributed by atoms with Crippen LogP contribution in [0.15, 0.2) is 23.6 Å². The van der Waals surface area contributed by atoms with Gasteiger partial charge in [0.1, 0.15) is 16.2 Å². The standard InChI is InChI=1S/C14H12ClN3OS/c1-2-3-11-6-10(7-12(15)17-11)13(19)18-14-9(8-16)4-5-20-14/h4-7H,2-3H2,1H3,(H,18,19). The lowest BCUT2D eigenvalue weighted by Gasteiger charge is -2.06. The molecule has 0 fully saturated rings. The summed E-state index contributed by atoms with van der Waals surface area (Å²) in [4.78, 5) is 16.4. The number of hydrogen-bond acceptors (Lipinski definition) is 4. The quantitative estimate of drug-likeness (QED) is 0.872. The Morgan fingerprint density at radius 1 is 1.55 bits per heavy atom. The number of aromatic nitrogens is 1. The lowest BCUT2D eigenvalue weighted by Crippen LogP contribution is -2.12. The largest absolute Gasteiger partial charge is 0.312 e. The predicted octanol–water partition coefficient (Wildman–Crippen LogP) is 3.87. The first-order valence-electron chi connectivity index (χ1n) is 6.09. The van der Waals surface area contributed by atoms with Crippen LogP contribution in [0.5, 0.6) is 0 Å². The van der Waals surface area contributed by atoms with Crippen molar-refractivity contribution in [2.24, 2.45) is 0 Å². The molecule has 4 nitrogen and oxygen atoms in total. The van der Waals surface area contributed by atoms with E-state index < -0.39 is 0 Å². The zero-order valence-electron chi connectivity index (χ0n) is 10.8. The second-order valence-electron chi connectivity index (χ2n) is 4.15. The maximum atomic E-state index is 12.2. The predicted molar refractivity (Wildman–Crippen MR) is 80.2 cm³/mol. The van der Waals surface area contributed by atoms with Gasteiger partial charge in [-0.3, -0.25) is 4.79 Å². The maximum absolute atomic E-state index is 12.2. The highest BCUT2D eigenvalue weighted by Crippen LogP contribution is 2.23. The van der Waals surface area contributed by atoms with Crippen LogP contribution in [0.1, 0.15) is 35.0 Å². The van der Waals surface area contributed by atoms with E-state index in [2.05, 4.69) is 10.3 Å². The van der Waals surface area contributed by atoms with Gasteiger partial charge in [-0.05, 0) is 30.0 Å². The van der Waals surface area contributed by atoms with E-state index in [1.807, 2.05) is 13.0 Å². The Bertz CT molecular complexity index is 675. The fraction of sp³-hybridized carbons (Fsp3) is 0.214. The van der Waals surface area contributed by atoms with Gasteiger partial charge in [0.15, 0.2) is 0 Å². The smallest absolute Gasteiger partial charge is 0.256 e. The minimum atomic E-state index is -0.286. The molecule has 0 aliphatic heterocycles. The van der Waals surface area contributed by atoms with Crippen molar-refractivity contribution in [3.05, 3.63) is 45.6 Å². The molecule has 2 rings (SSSR count). The molecule has 0 radical (unpaired) electrons. The first-order valence-corrected chi connectivity index (χ1v) is 7.35. The number of nitriles is 1. The number of thiophene rings is 1. The van der Waals surface area contributed by atoms with Crippen molar-refractivity contribution in [2.45, 2.75) is 19.8 Å². The van der Waals surface area contributed by atoms with Gasteiger partial charge >= 0.3 is 0 Å². The number of anilines is 1. The molecule has 0 spiro atoms. The molecular weight excluding hydrogens is 294 g/mol. The van der Waals surface area contributed by atoms with Crippen LogP contribution in [-0.4, -0.2) is 10.9 Å². The lowest BCUT2D eigenvalue weighted by molar-refractivity contribution is 0.102. The number of rotatable bonds is 4. The van der Waals surface area contributed by atoms with Crippen molar-refractivity contribution < 1.29 is 4.79 Å². The summed E-state index contributed by atoms with van der Waals surface area (Å²) in [6.45, 7) is 2.03. The summed E-state index contributed by atoms with van der Waals surface area (Å²) in [6.07, 6.45) is 1.70. The molecule has 0 bridgehead atoms. The van der Waals surface area contributed by atoms with Gasteiger partial charge in [-0.15, -0.1) is 11.3 Å². The number of amides is 1. The molecule has 0 unspecified atom stereocenters. The molecule has 2 aromatic heterocycles. The van der Waals surface area contributed by atoms with Crippen molar-refractivity contribution in [3.63, 3.8) is 0 Å². The Morgan fingerprint density at radius 2 is 2.35 bits per heavy atom. The number of carbonyl (C=O) groups excluding carboxylic acids is 1. The first-order chi connectivity index (χ1) is 9.63. The summed E-state index contributed by atoms with van der Waals surface area (Å²) in [7, 11) is 0. The number of nitrogens with one attached hydrogen (secondary N) is 1. The van der Waals surface area contributed by atoms with Crippen LogP contribution in [0.3, 0.4) is 0 Å². The molecule has 20 heavy (non-hydrogen) atoms. The Labute approximate surface area is 126 Å². The summed E-state index contributed by atoms with van der Waals surface area (Å²) in [5.41, 5.74) is 1.69. The van der Waals surface area contributed by atoms with Crippen LogP contribution in [0.4, 0.5) is 5.00 Å². The molecule has 1 N–H and O–H groups in total. The van der Waals surface area contributed by atoms with Crippen molar-refractivity contribution in [3.8, 4) is 6.07 Å². The number of carbonyl (C=O) groups is 1. The average Bonchev–Trinajstić information content (AvgIpc) is 2.85. The van der Waals surface area contributed by atoms with Gasteiger partial charge in [-0.1, -0.05) is 24.9 Å². The van der Waals surface area contributed by atoms with E-state index in [0.29, 0.717) is 21.3 Å². The summed E-state index contributed by atoms with van der Waals surface area (Å²) < 4.78 is 0. The van der Waals surface area contributed by atoms with E-state index in [1.54, 1.807) is 17.5 Å². The fourth-order valence-corrected chi connectivity index (χ4v) is 2.69. The number of hydrogen-bond donors (Lipinski definition) is 1. The Kier molecular flexibility index (Phi) is 4.72. The lowest BCUT2D eigenvalue weighted by atomic mass is 10.1. The minimum Gasteiger partial charge on any atom is -0.312 e. The third-order valence-electron chi connectivity index (χ3n) is 2.63. The van der Waals surface area contributed by atoms with Gasteiger partial charge in [0.2, 0.25) is 0 Å². The molecule has 102 valence electrons. The zero-order chi connectivity index (χ0) is 14.5. The molecule has 6 heteroatoms. The highest BCUT2D eigenvalue weighted by Gasteiger charge is 2.12. The van der Waals surface area contributed by atoms with Crippen LogP contribution in [0.25, 0.3) is 0 Å². The van der Waals surface area contributed by atoms with E-state index in [4.69, 9.17) is 16.9 Å². The molecule has 0 saturated heterocycles. The molecule has 2 heterocycles. The zero-order valence-corrected chi connectivity index (χ0v) is 12.4. The summed E-state index contributed by atoms with van der Waals surface area (Å²) in [6, 6.07) is 6.95. The Morgan fingerprint density at radius 3 is 3.05 bits per heavy atom. The number of aryl methyl sites for hydroxylation is 1. The highest BCUT2D eigenvalue weighted by atomic mass is 35.5. The van der Waals surface area contributed by atoms with Crippen molar-refractivity contribution in [1.29, 1.82) is 5.26 Å². The van der Waals surface area contributed by atoms with Crippen LogP contribution < -0.4 is 5.32 Å². The summed E-state index contributed by atoms with van der Waals surface area (Å²) in [5, 5.41) is 14.3. The number of nitrogens with zero attached hydrogens (tertiary/aromatic N) is 2. The van der Waals surface area contributed by atoms with Gasteiger partial charge in [0, 0.05) is 11.3 Å². The maximum Gasteiger partial charge on any atom is 0.256 e. The molecule has 0 saturated carbocycles. The van der Waals surface area contributed by atoms with Crippen LogP contribution in [0.2, 0.25) is 5.15 Å². The second-order valence-corrected chi connectivity index (χ2v) is 5.45. The van der Waals surface area contributed by atoms with Crippen molar-refractivity contribution >= 4 is 33.8 Å². The first kappa shape index (κ1) is 14.5. The monoisotopic (exact) mass is 305 g/mol. The van der Waals surface area contributed by atoms with Gasteiger partial charge in [0.05, 0.1) is 5.56 Å². The molecule has 0 aliphatic carbocycles.